The number of hydrogen-bond donors (Lipinski definition) is 2. The molecule has 11 heteroatoms. The first-order valence-electron chi connectivity index (χ1n) is 13.3. The second kappa shape index (κ2) is 10.3. The molecule has 2 fully saturated rings. The fraction of sp³-hybridized carbons (Fsp3) is 0.300. The highest BCUT2D eigenvalue weighted by atomic mass is 79.9. The average molecular weight is 615 g/mol. The van der Waals surface area contributed by atoms with Crippen molar-refractivity contribution in [1.82, 2.24) is 29.8 Å². The van der Waals surface area contributed by atoms with Gasteiger partial charge in [-0.3, -0.25) is 9.59 Å². The largest absolute Gasteiger partial charge is 0.344 e. The summed E-state index contributed by atoms with van der Waals surface area (Å²) >= 11 is 3.36. The molecule has 4 aromatic rings. The predicted octanol–water partition coefficient (Wildman–Crippen LogP) is 4.23. The van der Waals surface area contributed by atoms with E-state index in [-0.39, 0.29) is 29.7 Å². The molecular formula is C30H28BrN7O3. The van der Waals surface area contributed by atoms with E-state index in [1.54, 1.807) is 23.5 Å². The molecule has 1 aliphatic heterocycles. The zero-order valence-corrected chi connectivity index (χ0v) is 24.4. The van der Waals surface area contributed by atoms with Gasteiger partial charge in [0.15, 0.2) is 0 Å². The monoisotopic (exact) mass is 613 g/mol. The Kier molecular flexibility index (Phi) is 6.77. The van der Waals surface area contributed by atoms with E-state index in [0.717, 1.165) is 34.2 Å². The minimum atomic E-state index is -0.581. The lowest BCUT2D eigenvalue weighted by Gasteiger charge is -2.27. The smallest absolute Gasteiger partial charge is 0.327 e. The Bertz CT molecular complexity index is 1720. The van der Waals surface area contributed by atoms with Crippen LogP contribution in [0.2, 0.25) is 0 Å². The predicted molar refractivity (Wildman–Crippen MR) is 157 cm³/mol. The van der Waals surface area contributed by atoms with E-state index >= 15 is 0 Å². The molecule has 0 unspecified atom stereocenters. The van der Waals surface area contributed by atoms with Crippen LogP contribution in [-0.2, 0) is 16.0 Å². The number of piperidine rings is 1. The van der Waals surface area contributed by atoms with Crippen LogP contribution in [0.5, 0.6) is 0 Å². The lowest BCUT2D eigenvalue weighted by Crippen LogP contribution is -2.46. The van der Waals surface area contributed by atoms with Crippen LogP contribution in [0.1, 0.15) is 36.7 Å². The number of aryl methyl sites for hydroxylation is 2. The number of likely N-dealkylation sites (tertiary alicyclic amines) is 1. The number of nitrogens with one attached hydrogen (secondary N) is 2. The molecule has 10 nitrogen and oxygen atoms in total. The maximum atomic E-state index is 13.9. The third-order valence-electron chi connectivity index (χ3n) is 8.00. The van der Waals surface area contributed by atoms with Gasteiger partial charge in [-0.2, -0.15) is 0 Å². The van der Waals surface area contributed by atoms with E-state index in [1.807, 2.05) is 44.2 Å². The van der Waals surface area contributed by atoms with E-state index in [0.29, 0.717) is 28.2 Å². The number of halogens is 1. The number of anilines is 1. The number of fused-ring (bicyclic) bond motifs is 1. The van der Waals surface area contributed by atoms with E-state index in [2.05, 4.69) is 53.1 Å². The number of aromatic nitrogens is 5. The molecule has 2 aliphatic rings. The number of carbonyl (C=O) groups is 2. The number of aromatic amines is 1. The van der Waals surface area contributed by atoms with Gasteiger partial charge < -0.3 is 15.2 Å². The normalized spacial score (nSPS) is 20.9. The molecule has 1 saturated carbocycles. The SMILES string of the molecule is Cc1ncc(-c2cc(CC(=O)N3[C@H](C(=O)Nc4nc(Br)ccc4C)C[C@@]4(C)C[C@@H]34)cc(-c3cnc(=O)[nH]c3)c2)cn1. The molecule has 6 rings (SSSR count). The molecule has 2 N–H and O–H groups in total. The second-order valence-electron chi connectivity index (χ2n) is 11.1. The summed E-state index contributed by atoms with van der Waals surface area (Å²) in [5.41, 5.74) is 4.24. The Hall–Kier alpha value is -4.25. The summed E-state index contributed by atoms with van der Waals surface area (Å²) in [7, 11) is 0. The van der Waals surface area contributed by atoms with Crippen LogP contribution in [0.4, 0.5) is 5.82 Å². The first kappa shape index (κ1) is 26.9. The number of hydrogen-bond acceptors (Lipinski definition) is 7. The van der Waals surface area contributed by atoms with Crippen molar-refractivity contribution in [1.29, 1.82) is 0 Å². The zero-order valence-electron chi connectivity index (χ0n) is 22.8. The summed E-state index contributed by atoms with van der Waals surface area (Å²) in [4.78, 5) is 60.2. The van der Waals surface area contributed by atoms with Crippen LogP contribution in [0.15, 0.2) is 64.5 Å². The van der Waals surface area contributed by atoms with Crippen molar-refractivity contribution < 1.29 is 9.59 Å². The number of pyridine rings is 1. The summed E-state index contributed by atoms with van der Waals surface area (Å²) in [5.74, 6) is 0.795. The maximum absolute atomic E-state index is 13.9. The molecule has 0 radical (unpaired) electrons. The van der Waals surface area contributed by atoms with Crippen LogP contribution < -0.4 is 11.0 Å². The van der Waals surface area contributed by atoms with Gasteiger partial charge in [0.25, 0.3) is 0 Å². The van der Waals surface area contributed by atoms with Crippen LogP contribution in [0.3, 0.4) is 0 Å². The number of benzene rings is 1. The van der Waals surface area contributed by atoms with Crippen molar-refractivity contribution >= 4 is 33.6 Å². The molecule has 3 aromatic heterocycles. The highest BCUT2D eigenvalue weighted by Crippen LogP contribution is 2.59. The van der Waals surface area contributed by atoms with Gasteiger partial charge in [-0.15, -0.1) is 0 Å². The topological polar surface area (TPSA) is 134 Å². The van der Waals surface area contributed by atoms with Crippen LogP contribution in [0, 0.1) is 19.3 Å². The summed E-state index contributed by atoms with van der Waals surface area (Å²) in [5, 5.41) is 2.95. The number of amides is 2. The molecule has 41 heavy (non-hydrogen) atoms. The summed E-state index contributed by atoms with van der Waals surface area (Å²) < 4.78 is 0.625. The number of nitrogens with zero attached hydrogens (tertiary/aromatic N) is 5. The number of H-pyrrole nitrogens is 1. The van der Waals surface area contributed by atoms with Crippen molar-refractivity contribution in [2.75, 3.05) is 5.32 Å². The highest BCUT2D eigenvalue weighted by Gasteiger charge is 2.64. The number of carbonyl (C=O) groups excluding carboxylic acids is 2. The summed E-state index contributed by atoms with van der Waals surface area (Å²) in [6.45, 7) is 5.83. The zero-order chi connectivity index (χ0) is 28.9. The van der Waals surface area contributed by atoms with Crippen LogP contribution in [0.25, 0.3) is 22.3 Å². The van der Waals surface area contributed by atoms with Gasteiger partial charge in [0, 0.05) is 42.0 Å². The van der Waals surface area contributed by atoms with Gasteiger partial charge in [0.1, 0.15) is 22.3 Å². The lowest BCUT2D eigenvalue weighted by molar-refractivity contribution is -0.137. The van der Waals surface area contributed by atoms with E-state index < -0.39 is 11.7 Å². The molecule has 0 spiro atoms. The molecule has 4 heterocycles. The lowest BCUT2D eigenvalue weighted by atomic mass is 9.96. The van der Waals surface area contributed by atoms with Gasteiger partial charge in [0.2, 0.25) is 11.8 Å². The van der Waals surface area contributed by atoms with E-state index in [4.69, 9.17) is 0 Å². The third kappa shape index (κ3) is 5.41. The minimum Gasteiger partial charge on any atom is -0.327 e. The molecule has 1 aromatic carbocycles. The fourth-order valence-corrected chi connectivity index (χ4v) is 5.94. The molecule has 1 saturated heterocycles. The van der Waals surface area contributed by atoms with Crippen molar-refractivity contribution in [2.45, 2.75) is 52.1 Å². The first-order valence-corrected chi connectivity index (χ1v) is 14.1. The maximum Gasteiger partial charge on any atom is 0.344 e. The molecule has 0 bridgehead atoms. The quantitative estimate of drug-likeness (QED) is 0.311. The average Bonchev–Trinajstić information content (AvgIpc) is 3.50. The number of rotatable bonds is 6. The Morgan fingerprint density at radius 1 is 1.02 bits per heavy atom. The Morgan fingerprint density at radius 2 is 1.73 bits per heavy atom. The Balaban J connectivity index is 1.30. The van der Waals surface area contributed by atoms with Crippen LogP contribution >= 0.6 is 15.9 Å². The highest BCUT2D eigenvalue weighted by molar-refractivity contribution is 9.10. The van der Waals surface area contributed by atoms with E-state index in [1.165, 1.54) is 6.20 Å². The van der Waals surface area contributed by atoms with Crippen molar-refractivity contribution in [3.8, 4) is 22.3 Å². The molecular weight excluding hydrogens is 586 g/mol. The van der Waals surface area contributed by atoms with Gasteiger partial charge in [0.05, 0.1) is 6.42 Å². The standard InChI is InChI=1S/C30H28BrN7O3/c1-16-4-5-25(31)36-27(16)37-28(40)23-10-30(3)11-24(30)38(23)26(39)8-18-6-19(21-12-32-17(2)33-13-21)9-20(7-18)22-14-34-29(41)35-15-22/h4-7,9,12-15,23-24H,8,10-11H2,1-3H3,(H,34,35,41)(H,36,37,40)/t23-,24+,30-/m0/s1. The Morgan fingerprint density at radius 3 is 2.44 bits per heavy atom. The third-order valence-corrected chi connectivity index (χ3v) is 8.44. The van der Waals surface area contributed by atoms with Gasteiger partial charge >= 0.3 is 5.69 Å². The molecule has 208 valence electrons. The molecule has 1 aliphatic carbocycles. The van der Waals surface area contributed by atoms with Crippen LogP contribution in [-0.4, -0.2) is 53.7 Å². The van der Waals surface area contributed by atoms with Gasteiger partial charge in [-0.05, 0) is 82.4 Å². The minimum absolute atomic E-state index is 0.0267. The molecule has 3 atom stereocenters. The van der Waals surface area contributed by atoms with Gasteiger partial charge in [-0.1, -0.05) is 25.1 Å². The fourth-order valence-electron chi connectivity index (χ4n) is 5.63. The first-order chi connectivity index (χ1) is 19.6. The summed E-state index contributed by atoms with van der Waals surface area (Å²) in [6.07, 6.45) is 8.18. The Labute approximate surface area is 244 Å². The van der Waals surface area contributed by atoms with Crippen molar-refractivity contribution in [3.05, 3.63) is 87.2 Å². The van der Waals surface area contributed by atoms with E-state index in [9.17, 15) is 14.4 Å². The van der Waals surface area contributed by atoms with Gasteiger partial charge in [-0.25, -0.2) is 24.7 Å². The van der Waals surface area contributed by atoms with Crippen molar-refractivity contribution in [2.24, 2.45) is 5.41 Å². The van der Waals surface area contributed by atoms with Crippen molar-refractivity contribution in [3.63, 3.8) is 0 Å². The molecule has 2 amide bonds. The second-order valence-corrected chi connectivity index (χ2v) is 11.9. The summed E-state index contributed by atoms with van der Waals surface area (Å²) in [6, 6.07) is 8.96.